The van der Waals surface area contributed by atoms with Gasteiger partial charge in [-0.2, -0.15) is 18.4 Å². The van der Waals surface area contributed by atoms with Gasteiger partial charge in [0, 0.05) is 7.05 Å². The lowest BCUT2D eigenvalue weighted by molar-refractivity contribution is -0.137. The van der Waals surface area contributed by atoms with Crippen LogP contribution in [-0.2, 0) is 11.0 Å². The molecular weight excluding hydrogens is 347 g/mol. The van der Waals surface area contributed by atoms with Crippen LogP contribution >= 0.6 is 0 Å². The lowest BCUT2D eigenvalue weighted by Gasteiger charge is -2.16. The Morgan fingerprint density at radius 1 is 1.15 bits per heavy atom. The highest BCUT2D eigenvalue weighted by atomic mass is 19.4. The Hall–Kier alpha value is -3.34. The summed E-state index contributed by atoms with van der Waals surface area (Å²) < 4.78 is 39.5. The van der Waals surface area contributed by atoms with Crippen LogP contribution in [-0.4, -0.2) is 23.9 Å². The van der Waals surface area contributed by atoms with E-state index in [4.69, 9.17) is 5.26 Å². The van der Waals surface area contributed by atoms with Gasteiger partial charge in [0.2, 0.25) is 0 Å². The molecule has 8 heteroatoms. The van der Waals surface area contributed by atoms with Crippen LogP contribution in [0.2, 0.25) is 0 Å². The van der Waals surface area contributed by atoms with E-state index < -0.39 is 35.3 Å². The Kier molecular flexibility index (Phi) is 4.16. The molecule has 2 aromatic rings. The second kappa shape index (κ2) is 6.19. The number of hydrogen-bond donors (Lipinski definition) is 0. The van der Waals surface area contributed by atoms with E-state index in [2.05, 4.69) is 6.07 Å². The SMILES string of the molecule is CN1C(=O)N(c2ccc(C#N)c(C(F)(F)F)c2)C(=O)C1c1cc[c]cc1. The van der Waals surface area contributed by atoms with Crippen molar-refractivity contribution in [2.75, 3.05) is 11.9 Å². The number of amides is 3. The first-order valence-electron chi connectivity index (χ1n) is 7.44. The molecule has 1 fully saturated rings. The highest BCUT2D eigenvalue weighted by molar-refractivity contribution is 6.21. The molecule has 1 aliphatic rings. The number of hydrogen-bond acceptors (Lipinski definition) is 3. The number of likely N-dealkylation sites (N-methyl/N-ethyl adjacent to an activating group) is 1. The van der Waals surface area contributed by atoms with Crippen molar-refractivity contribution in [3.63, 3.8) is 0 Å². The Morgan fingerprint density at radius 2 is 1.81 bits per heavy atom. The van der Waals surface area contributed by atoms with Crippen molar-refractivity contribution >= 4 is 17.6 Å². The van der Waals surface area contributed by atoms with Crippen molar-refractivity contribution in [3.8, 4) is 6.07 Å². The van der Waals surface area contributed by atoms with Gasteiger partial charge in [0.15, 0.2) is 0 Å². The Labute approximate surface area is 146 Å². The molecule has 5 nitrogen and oxygen atoms in total. The van der Waals surface area contributed by atoms with Gasteiger partial charge in [-0.3, -0.25) is 4.79 Å². The summed E-state index contributed by atoms with van der Waals surface area (Å²) in [5, 5.41) is 8.87. The number of nitrogens with zero attached hydrogens (tertiary/aromatic N) is 3. The number of benzene rings is 2. The molecular formula is C18H11F3N3O2. The number of anilines is 1. The smallest absolute Gasteiger partial charge is 0.311 e. The summed E-state index contributed by atoms with van der Waals surface area (Å²) in [5.74, 6) is -0.665. The van der Waals surface area contributed by atoms with Gasteiger partial charge in [-0.1, -0.05) is 24.3 Å². The van der Waals surface area contributed by atoms with E-state index >= 15 is 0 Å². The number of rotatable bonds is 2. The minimum Gasteiger partial charge on any atom is -0.311 e. The molecule has 1 radical (unpaired) electrons. The van der Waals surface area contributed by atoms with E-state index in [1.807, 2.05) is 0 Å². The Morgan fingerprint density at radius 3 is 2.38 bits per heavy atom. The van der Waals surface area contributed by atoms with Crippen LogP contribution in [0.25, 0.3) is 0 Å². The first-order chi connectivity index (χ1) is 12.3. The fourth-order valence-electron chi connectivity index (χ4n) is 2.84. The molecule has 0 aromatic heterocycles. The largest absolute Gasteiger partial charge is 0.417 e. The molecule has 0 saturated carbocycles. The zero-order chi connectivity index (χ0) is 19.1. The predicted molar refractivity (Wildman–Crippen MR) is 84.8 cm³/mol. The third-order valence-corrected chi connectivity index (χ3v) is 4.08. The number of halogens is 3. The second-order valence-corrected chi connectivity index (χ2v) is 5.64. The number of imide groups is 1. The van der Waals surface area contributed by atoms with Gasteiger partial charge in [0.1, 0.15) is 6.04 Å². The van der Waals surface area contributed by atoms with Crippen molar-refractivity contribution in [1.29, 1.82) is 5.26 Å². The molecule has 1 unspecified atom stereocenters. The number of carbonyl (C=O) groups excluding carboxylic acids is 2. The van der Waals surface area contributed by atoms with Crippen LogP contribution in [0.5, 0.6) is 0 Å². The third kappa shape index (κ3) is 2.77. The number of urea groups is 1. The standard InChI is InChI=1S/C18H11F3N3O2/c1-23-15(11-5-3-2-4-6-11)16(25)24(17(23)26)13-8-7-12(10-22)14(9-13)18(19,20)21/h3-9,15H,1H3. The molecule has 2 aromatic carbocycles. The molecule has 3 rings (SSSR count). The molecule has 26 heavy (non-hydrogen) atoms. The zero-order valence-corrected chi connectivity index (χ0v) is 13.4. The quantitative estimate of drug-likeness (QED) is 0.772. The van der Waals surface area contributed by atoms with Gasteiger partial charge in [-0.15, -0.1) is 0 Å². The van der Waals surface area contributed by atoms with E-state index in [0.29, 0.717) is 16.5 Å². The van der Waals surface area contributed by atoms with Crippen molar-refractivity contribution in [3.05, 3.63) is 65.2 Å². The van der Waals surface area contributed by atoms with Gasteiger partial charge in [-0.25, -0.2) is 9.69 Å². The molecule has 0 aliphatic carbocycles. The predicted octanol–water partition coefficient (Wildman–Crippen LogP) is 3.52. The third-order valence-electron chi connectivity index (χ3n) is 4.08. The molecule has 1 atom stereocenters. The van der Waals surface area contributed by atoms with E-state index in [1.54, 1.807) is 24.3 Å². The van der Waals surface area contributed by atoms with Crippen molar-refractivity contribution < 1.29 is 22.8 Å². The van der Waals surface area contributed by atoms with Gasteiger partial charge in [0.25, 0.3) is 5.91 Å². The molecule has 0 bridgehead atoms. The maximum Gasteiger partial charge on any atom is 0.417 e. The maximum absolute atomic E-state index is 13.2. The summed E-state index contributed by atoms with van der Waals surface area (Å²) >= 11 is 0. The minimum atomic E-state index is -4.78. The average Bonchev–Trinajstić information content (AvgIpc) is 2.83. The van der Waals surface area contributed by atoms with Crippen LogP contribution in [0.4, 0.5) is 23.7 Å². The van der Waals surface area contributed by atoms with E-state index in [-0.39, 0.29) is 5.69 Å². The highest BCUT2D eigenvalue weighted by Gasteiger charge is 2.45. The minimum absolute atomic E-state index is 0.233. The Bertz CT molecular complexity index is 920. The first-order valence-corrected chi connectivity index (χ1v) is 7.44. The average molecular weight is 358 g/mol. The molecule has 131 valence electrons. The lowest BCUT2D eigenvalue weighted by Crippen LogP contribution is -2.31. The lowest BCUT2D eigenvalue weighted by atomic mass is 10.0. The van der Waals surface area contributed by atoms with Gasteiger partial charge in [0.05, 0.1) is 22.9 Å². The Balaban J connectivity index is 2.06. The van der Waals surface area contributed by atoms with E-state index in [1.165, 1.54) is 13.1 Å². The second-order valence-electron chi connectivity index (χ2n) is 5.64. The van der Waals surface area contributed by atoms with Crippen LogP contribution in [0.3, 0.4) is 0 Å². The van der Waals surface area contributed by atoms with Gasteiger partial charge in [-0.05, 0) is 29.8 Å². The maximum atomic E-state index is 13.2. The van der Waals surface area contributed by atoms with Crippen LogP contribution in [0.15, 0.2) is 42.5 Å². The number of alkyl halides is 3. The van der Waals surface area contributed by atoms with E-state index in [0.717, 1.165) is 17.0 Å². The monoisotopic (exact) mass is 358 g/mol. The topological polar surface area (TPSA) is 64.4 Å². The molecule has 1 saturated heterocycles. The van der Waals surface area contributed by atoms with Gasteiger partial charge < -0.3 is 4.90 Å². The van der Waals surface area contributed by atoms with Crippen LogP contribution < -0.4 is 4.90 Å². The first kappa shape index (κ1) is 17.5. The summed E-state index contributed by atoms with van der Waals surface area (Å²) in [6, 6.07) is 11.7. The molecule has 0 N–H and O–H groups in total. The summed E-state index contributed by atoms with van der Waals surface area (Å²) in [6.45, 7) is 0. The van der Waals surface area contributed by atoms with Gasteiger partial charge >= 0.3 is 12.2 Å². The molecule has 0 spiro atoms. The highest BCUT2D eigenvalue weighted by Crippen LogP contribution is 2.37. The normalized spacial score (nSPS) is 17.6. The van der Waals surface area contributed by atoms with Crippen molar-refractivity contribution in [2.24, 2.45) is 0 Å². The van der Waals surface area contributed by atoms with Crippen LogP contribution in [0, 0.1) is 17.4 Å². The summed E-state index contributed by atoms with van der Waals surface area (Å²) in [5.41, 5.74) is -1.48. The summed E-state index contributed by atoms with van der Waals surface area (Å²) in [4.78, 5) is 27.1. The summed E-state index contributed by atoms with van der Waals surface area (Å²) in [6.07, 6.45) is -4.78. The van der Waals surface area contributed by atoms with E-state index in [9.17, 15) is 22.8 Å². The van der Waals surface area contributed by atoms with Crippen molar-refractivity contribution in [1.82, 2.24) is 4.90 Å². The fourth-order valence-corrected chi connectivity index (χ4v) is 2.84. The number of carbonyl (C=O) groups is 2. The molecule has 3 amide bonds. The fraction of sp³-hybridized carbons (Fsp3) is 0.167. The van der Waals surface area contributed by atoms with Crippen LogP contribution in [0.1, 0.15) is 22.7 Å². The van der Waals surface area contributed by atoms with Crippen molar-refractivity contribution in [2.45, 2.75) is 12.2 Å². The molecule has 1 heterocycles. The molecule has 1 aliphatic heterocycles. The summed E-state index contributed by atoms with van der Waals surface area (Å²) in [7, 11) is 1.40. The number of nitriles is 1. The zero-order valence-electron chi connectivity index (χ0n) is 13.4.